The van der Waals surface area contributed by atoms with Crippen LogP contribution in [0.1, 0.15) is 30.4 Å². The summed E-state index contributed by atoms with van der Waals surface area (Å²) in [6.45, 7) is 5.63. The summed E-state index contributed by atoms with van der Waals surface area (Å²) in [5, 5.41) is 0.744. The van der Waals surface area contributed by atoms with Gasteiger partial charge in [-0.1, -0.05) is 63.2 Å². The number of hydrogen-bond donors (Lipinski definition) is 1. The molecule has 0 unspecified atom stereocenters. The number of benzene rings is 2. The molecule has 5 heteroatoms. The van der Waals surface area contributed by atoms with E-state index in [0.717, 1.165) is 27.8 Å². The van der Waals surface area contributed by atoms with Gasteiger partial charge in [-0.25, -0.2) is 9.37 Å². The Morgan fingerprint density at radius 1 is 1.00 bits per heavy atom. The molecule has 0 spiro atoms. The maximum Gasteiger partial charge on any atom is 0.180 e. The lowest BCUT2D eigenvalue weighted by Crippen LogP contribution is -2.20. The number of nitrogens with two attached hydrogens (primary N) is 1. The zero-order chi connectivity index (χ0) is 20.8. The molecular formula is C24H21FN2OS. The Kier molecular flexibility index (Phi) is 4.71. The minimum atomic E-state index is -0.548. The number of thiophene rings is 1. The summed E-state index contributed by atoms with van der Waals surface area (Å²) in [4.78, 5) is 19.0. The third kappa shape index (κ3) is 3.54. The topological polar surface area (TPSA) is 56.0 Å². The maximum atomic E-state index is 13.5. The molecule has 146 valence electrons. The Morgan fingerprint density at radius 3 is 2.28 bits per heavy atom. The predicted octanol–water partition coefficient (Wildman–Crippen LogP) is 6.58. The molecule has 0 bridgehead atoms. The van der Waals surface area contributed by atoms with Crippen molar-refractivity contribution in [2.45, 2.75) is 20.8 Å². The molecule has 0 saturated carbocycles. The van der Waals surface area contributed by atoms with Gasteiger partial charge in [0, 0.05) is 16.4 Å². The Morgan fingerprint density at radius 2 is 1.66 bits per heavy atom. The summed E-state index contributed by atoms with van der Waals surface area (Å²) >= 11 is 1.32. The molecule has 0 aliphatic carbocycles. The van der Waals surface area contributed by atoms with E-state index >= 15 is 0 Å². The van der Waals surface area contributed by atoms with Crippen molar-refractivity contribution in [3.8, 4) is 22.4 Å². The monoisotopic (exact) mass is 404 g/mol. The molecule has 4 aromatic rings. The van der Waals surface area contributed by atoms with Gasteiger partial charge in [-0.15, -0.1) is 11.3 Å². The summed E-state index contributed by atoms with van der Waals surface area (Å²) in [5.41, 5.74) is 9.79. The second-order valence-corrected chi connectivity index (χ2v) is 9.03. The fourth-order valence-corrected chi connectivity index (χ4v) is 4.51. The lowest BCUT2D eigenvalue weighted by atomic mass is 9.89. The molecule has 29 heavy (non-hydrogen) atoms. The maximum absolute atomic E-state index is 13.5. The number of halogens is 1. The number of nitrogen functional groups attached to an aromatic ring is 1. The summed E-state index contributed by atoms with van der Waals surface area (Å²) in [6, 6.07) is 18.1. The van der Waals surface area contributed by atoms with E-state index in [1.54, 1.807) is 12.1 Å². The quantitative estimate of drug-likeness (QED) is 0.392. The van der Waals surface area contributed by atoms with Gasteiger partial charge < -0.3 is 5.73 Å². The van der Waals surface area contributed by atoms with Crippen LogP contribution >= 0.6 is 11.3 Å². The molecule has 0 saturated heterocycles. The number of rotatable bonds is 3. The van der Waals surface area contributed by atoms with Gasteiger partial charge in [0.25, 0.3) is 0 Å². The van der Waals surface area contributed by atoms with E-state index in [0.29, 0.717) is 15.4 Å². The molecule has 0 radical (unpaired) electrons. The number of hydrogen-bond acceptors (Lipinski definition) is 4. The van der Waals surface area contributed by atoms with E-state index in [1.807, 2.05) is 57.2 Å². The average molecular weight is 405 g/mol. The van der Waals surface area contributed by atoms with Crippen LogP contribution in [-0.4, -0.2) is 10.8 Å². The lowest BCUT2D eigenvalue weighted by Gasteiger charge is -2.15. The first-order valence-corrected chi connectivity index (χ1v) is 10.2. The molecule has 4 rings (SSSR count). The number of aromatic nitrogens is 1. The highest BCUT2D eigenvalue weighted by molar-refractivity contribution is 7.21. The Bertz CT molecular complexity index is 1210. The van der Waals surface area contributed by atoms with Crippen molar-refractivity contribution in [1.82, 2.24) is 4.98 Å². The second kappa shape index (κ2) is 7.08. The van der Waals surface area contributed by atoms with E-state index in [-0.39, 0.29) is 11.6 Å². The van der Waals surface area contributed by atoms with Crippen molar-refractivity contribution in [2.24, 2.45) is 5.41 Å². The fourth-order valence-electron chi connectivity index (χ4n) is 3.24. The standard InChI is InChI=1S/C24H21FN2OS/c1-24(2,3)22(28)21-20(26)19-17(14-9-11-16(25)12-10-14)13-18(27-23(19)29-21)15-7-5-4-6-8-15/h4-13H,26H2,1-3H3. The Hall–Kier alpha value is -3.05. The van der Waals surface area contributed by atoms with Crippen LogP contribution in [0.2, 0.25) is 0 Å². The highest BCUT2D eigenvalue weighted by Crippen LogP contribution is 2.43. The molecule has 0 aliphatic rings. The summed E-state index contributed by atoms with van der Waals surface area (Å²) in [6.07, 6.45) is 0. The van der Waals surface area contributed by atoms with Gasteiger partial charge in [0.2, 0.25) is 0 Å². The van der Waals surface area contributed by atoms with Crippen molar-refractivity contribution < 1.29 is 9.18 Å². The van der Waals surface area contributed by atoms with Crippen LogP contribution in [0.4, 0.5) is 10.1 Å². The number of ketones is 1. The third-order valence-corrected chi connectivity index (χ3v) is 5.91. The minimum Gasteiger partial charge on any atom is -0.397 e. The summed E-state index contributed by atoms with van der Waals surface area (Å²) in [5.74, 6) is -0.312. The van der Waals surface area contributed by atoms with E-state index in [2.05, 4.69) is 0 Å². The van der Waals surface area contributed by atoms with Crippen molar-refractivity contribution in [2.75, 3.05) is 5.73 Å². The SMILES string of the molecule is CC(C)(C)C(=O)c1sc2nc(-c3ccccc3)cc(-c3ccc(F)cc3)c2c1N. The minimum absolute atomic E-state index is 0.00989. The molecule has 3 nitrogen and oxygen atoms in total. The number of Topliss-reactive ketones (excluding diaryl/α,β-unsaturated/α-hetero) is 1. The van der Waals surface area contributed by atoms with Gasteiger partial charge in [-0.3, -0.25) is 4.79 Å². The number of carbonyl (C=O) groups is 1. The van der Waals surface area contributed by atoms with Crippen molar-refractivity contribution in [3.63, 3.8) is 0 Å². The van der Waals surface area contributed by atoms with Crippen LogP contribution in [0.3, 0.4) is 0 Å². The van der Waals surface area contributed by atoms with Crippen LogP contribution in [0.15, 0.2) is 60.7 Å². The first kappa shape index (κ1) is 19.3. The second-order valence-electron chi connectivity index (χ2n) is 8.03. The predicted molar refractivity (Wildman–Crippen MR) is 119 cm³/mol. The van der Waals surface area contributed by atoms with E-state index < -0.39 is 5.41 Å². The van der Waals surface area contributed by atoms with Gasteiger partial charge in [0.05, 0.1) is 16.3 Å². The first-order chi connectivity index (χ1) is 13.8. The van der Waals surface area contributed by atoms with Crippen LogP contribution in [0.5, 0.6) is 0 Å². The largest absolute Gasteiger partial charge is 0.397 e. The number of fused-ring (bicyclic) bond motifs is 1. The number of anilines is 1. The normalized spacial score (nSPS) is 11.7. The zero-order valence-corrected chi connectivity index (χ0v) is 17.3. The average Bonchev–Trinajstić information content (AvgIpc) is 3.04. The van der Waals surface area contributed by atoms with Gasteiger partial charge in [0.1, 0.15) is 10.6 Å². The third-order valence-electron chi connectivity index (χ3n) is 4.81. The van der Waals surface area contributed by atoms with Crippen LogP contribution < -0.4 is 5.73 Å². The molecule has 0 aliphatic heterocycles. The van der Waals surface area contributed by atoms with Gasteiger partial charge in [-0.05, 0) is 29.3 Å². The molecule has 2 aromatic carbocycles. The van der Waals surface area contributed by atoms with Crippen LogP contribution in [0.25, 0.3) is 32.6 Å². The molecule has 0 fully saturated rings. The number of nitrogens with zero attached hydrogens (tertiary/aromatic N) is 1. The van der Waals surface area contributed by atoms with Crippen molar-refractivity contribution >= 4 is 33.0 Å². The van der Waals surface area contributed by atoms with Gasteiger partial charge in [-0.2, -0.15) is 0 Å². The molecule has 2 N–H and O–H groups in total. The van der Waals surface area contributed by atoms with Crippen LogP contribution in [0, 0.1) is 11.2 Å². The summed E-state index contributed by atoms with van der Waals surface area (Å²) in [7, 11) is 0. The molecule has 0 amide bonds. The van der Waals surface area contributed by atoms with Gasteiger partial charge in [0.15, 0.2) is 5.78 Å². The summed E-state index contributed by atoms with van der Waals surface area (Å²) < 4.78 is 13.5. The fraction of sp³-hybridized carbons (Fsp3) is 0.167. The lowest BCUT2D eigenvalue weighted by molar-refractivity contribution is 0.0863. The zero-order valence-electron chi connectivity index (χ0n) is 16.5. The first-order valence-electron chi connectivity index (χ1n) is 9.35. The Balaban J connectivity index is 2.03. The number of pyridine rings is 1. The Labute approximate surface area is 173 Å². The molecule has 0 atom stereocenters. The van der Waals surface area contributed by atoms with E-state index in [9.17, 15) is 9.18 Å². The molecular weight excluding hydrogens is 383 g/mol. The highest BCUT2D eigenvalue weighted by atomic mass is 32.1. The molecule has 2 aromatic heterocycles. The van der Waals surface area contributed by atoms with E-state index in [1.165, 1.54) is 23.5 Å². The number of carbonyl (C=O) groups excluding carboxylic acids is 1. The smallest absolute Gasteiger partial charge is 0.180 e. The van der Waals surface area contributed by atoms with Crippen molar-refractivity contribution in [1.29, 1.82) is 0 Å². The highest BCUT2D eigenvalue weighted by Gasteiger charge is 2.29. The van der Waals surface area contributed by atoms with Crippen LogP contribution in [-0.2, 0) is 0 Å². The van der Waals surface area contributed by atoms with Gasteiger partial charge >= 0.3 is 0 Å². The van der Waals surface area contributed by atoms with Crippen molar-refractivity contribution in [3.05, 3.63) is 71.4 Å². The molecule has 2 heterocycles. The van der Waals surface area contributed by atoms with E-state index in [4.69, 9.17) is 10.7 Å².